The van der Waals surface area contributed by atoms with Crippen molar-refractivity contribution in [3.05, 3.63) is 146 Å². The molecule has 2 N–H and O–H groups in total. The average Bonchev–Trinajstić information content (AvgIpc) is 3.10. The van der Waals surface area contributed by atoms with Gasteiger partial charge in [0, 0.05) is 11.4 Å². The highest BCUT2D eigenvalue weighted by molar-refractivity contribution is 7.55. The molecule has 0 aromatic heterocycles. The molecule has 5 aromatic carbocycles. The third-order valence-corrected chi connectivity index (χ3v) is 8.47. The number of para-hydroxylation sites is 4. The van der Waals surface area contributed by atoms with Gasteiger partial charge in [0.15, 0.2) is 23.0 Å². The van der Waals surface area contributed by atoms with E-state index >= 15 is 0 Å². The first-order valence-electron chi connectivity index (χ1n) is 13.8. The Morgan fingerprint density at radius 1 is 0.457 bits per heavy atom. The molecule has 0 atom stereocenters. The van der Waals surface area contributed by atoms with E-state index in [0.29, 0.717) is 11.4 Å². The van der Waals surface area contributed by atoms with E-state index < -0.39 is 27.8 Å². The highest BCUT2D eigenvalue weighted by atomic mass is 31.2. The van der Waals surface area contributed by atoms with Crippen molar-refractivity contribution in [3.63, 3.8) is 0 Å². The first-order valence-corrected chi connectivity index (χ1v) is 17.3. The number of nitrogen functional groups attached to an aromatic ring is 1. The van der Waals surface area contributed by atoms with Crippen molar-refractivity contribution in [2.24, 2.45) is 0 Å². The van der Waals surface area contributed by atoms with Crippen LogP contribution >= 0.6 is 15.2 Å². The third-order valence-electron chi connectivity index (χ3n) is 5.88. The Kier molecular flexibility index (Phi) is 11.3. The second kappa shape index (κ2) is 16.0. The Labute approximate surface area is 265 Å². The van der Waals surface area contributed by atoms with Gasteiger partial charge in [0.1, 0.15) is 12.6 Å². The average molecular weight is 665 g/mol. The van der Waals surface area contributed by atoms with Crippen LogP contribution in [0.25, 0.3) is 0 Å². The van der Waals surface area contributed by atoms with Crippen LogP contribution < -0.4 is 30.2 Å². The zero-order chi connectivity index (χ0) is 32.1. The van der Waals surface area contributed by atoms with E-state index in [2.05, 4.69) is 0 Å². The molecule has 0 spiro atoms. The van der Waals surface area contributed by atoms with Gasteiger partial charge in [-0.15, -0.1) is 0 Å². The Hall–Kier alpha value is -4.80. The van der Waals surface area contributed by atoms with Crippen molar-refractivity contribution < 1.29 is 47.4 Å². The molecule has 46 heavy (non-hydrogen) atoms. The van der Waals surface area contributed by atoms with Crippen molar-refractivity contribution in [1.82, 2.24) is 0 Å². The smallest absolute Gasteiger partial charge is 0.399 e. The van der Waals surface area contributed by atoms with Crippen LogP contribution in [-0.2, 0) is 27.8 Å². The summed E-state index contributed by atoms with van der Waals surface area (Å²) in [7, 11) is -8.80. The molecular formula is C32H30N2O10P2. The Bertz CT molecular complexity index is 1530. The van der Waals surface area contributed by atoms with Crippen LogP contribution in [0, 0.1) is 0 Å². The Balaban J connectivity index is 1.44. The highest BCUT2D eigenvalue weighted by Crippen LogP contribution is 2.55. The summed E-state index contributed by atoms with van der Waals surface area (Å²) in [6.07, 6.45) is -1.19. The SMILES string of the molecule is Nc1cccc(N(CP(=O)(OOc2ccccc2)OOc2ccccc2)CP(=O)(OOc2ccccc2)OOc2ccccc2)c1. The Morgan fingerprint density at radius 3 is 1.09 bits per heavy atom. The molecule has 0 aliphatic heterocycles. The monoisotopic (exact) mass is 664 g/mol. The van der Waals surface area contributed by atoms with E-state index in [-0.39, 0.29) is 23.0 Å². The van der Waals surface area contributed by atoms with Crippen molar-refractivity contribution >= 4 is 26.6 Å². The van der Waals surface area contributed by atoms with Gasteiger partial charge in [-0.3, -0.25) is 9.13 Å². The maximum Gasteiger partial charge on any atom is 0.423 e. The lowest BCUT2D eigenvalue weighted by atomic mass is 10.3. The number of nitrogens with zero attached hydrogens (tertiary/aromatic N) is 1. The minimum absolute atomic E-state index is 0.242. The number of rotatable bonds is 17. The summed E-state index contributed by atoms with van der Waals surface area (Å²) in [6, 6.07) is 40.0. The van der Waals surface area contributed by atoms with Gasteiger partial charge >= 0.3 is 15.2 Å². The molecule has 0 saturated heterocycles. The lowest BCUT2D eigenvalue weighted by Gasteiger charge is -2.29. The van der Waals surface area contributed by atoms with E-state index in [1.807, 2.05) is 0 Å². The number of nitrogens with two attached hydrogens (primary N) is 1. The van der Waals surface area contributed by atoms with Crippen LogP contribution in [0.5, 0.6) is 23.0 Å². The fourth-order valence-corrected chi connectivity index (χ4v) is 6.33. The Morgan fingerprint density at radius 2 is 0.783 bits per heavy atom. The molecular weight excluding hydrogens is 634 g/mol. The van der Waals surface area contributed by atoms with Crippen LogP contribution in [-0.4, -0.2) is 12.6 Å². The number of hydrogen-bond donors (Lipinski definition) is 1. The second-order valence-electron chi connectivity index (χ2n) is 9.52. The number of benzene rings is 5. The van der Waals surface area contributed by atoms with Crippen LogP contribution in [0.4, 0.5) is 11.4 Å². The number of hydrogen-bond acceptors (Lipinski definition) is 12. The largest absolute Gasteiger partial charge is 0.423 e. The van der Waals surface area contributed by atoms with Crippen LogP contribution in [0.3, 0.4) is 0 Å². The minimum Gasteiger partial charge on any atom is -0.399 e. The minimum atomic E-state index is -4.40. The molecule has 0 aliphatic carbocycles. The van der Waals surface area contributed by atoms with Crippen molar-refractivity contribution in [2.75, 3.05) is 23.2 Å². The first-order chi connectivity index (χ1) is 22.4. The molecule has 5 aromatic rings. The summed E-state index contributed by atoms with van der Waals surface area (Å²) >= 11 is 0. The van der Waals surface area contributed by atoms with Gasteiger partial charge in [0.25, 0.3) is 0 Å². The predicted octanol–water partition coefficient (Wildman–Crippen LogP) is 8.42. The van der Waals surface area contributed by atoms with E-state index in [0.717, 1.165) is 0 Å². The molecule has 0 radical (unpaired) electrons. The van der Waals surface area contributed by atoms with Crippen LogP contribution in [0.1, 0.15) is 0 Å². The molecule has 0 bridgehead atoms. The first kappa shape index (κ1) is 32.6. The fraction of sp³-hybridized carbons (Fsp3) is 0.0625. The van der Waals surface area contributed by atoms with E-state index in [9.17, 15) is 9.13 Å². The zero-order valence-electron chi connectivity index (χ0n) is 24.3. The summed E-state index contributed by atoms with van der Waals surface area (Å²) in [4.78, 5) is 22.8. The summed E-state index contributed by atoms with van der Waals surface area (Å²) in [5.74, 6) is 0.968. The molecule has 0 saturated carbocycles. The lowest BCUT2D eigenvalue weighted by molar-refractivity contribution is -0.172. The molecule has 0 amide bonds. The molecule has 0 heterocycles. The topological polar surface area (TPSA) is 137 Å². The summed E-state index contributed by atoms with van der Waals surface area (Å²) < 4.78 is 50.1. The van der Waals surface area contributed by atoms with Crippen molar-refractivity contribution in [1.29, 1.82) is 0 Å². The normalized spacial score (nSPS) is 11.4. The van der Waals surface area contributed by atoms with Gasteiger partial charge in [0.2, 0.25) is 0 Å². The van der Waals surface area contributed by atoms with Gasteiger partial charge in [-0.05, 0) is 66.7 Å². The predicted molar refractivity (Wildman–Crippen MR) is 171 cm³/mol. The number of anilines is 2. The van der Waals surface area contributed by atoms with Gasteiger partial charge in [-0.25, -0.2) is 0 Å². The summed E-state index contributed by atoms with van der Waals surface area (Å²) in [6.45, 7) is 0. The second-order valence-corrected chi connectivity index (χ2v) is 13.1. The van der Waals surface area contributed by atoms with Crippen molar-refractivity contribution in [3.8, 4) is 23.0 Å². The van der Waals surface area contributed by atoms with E-state index in [4.69, 9.17) is 44.0 Å². The van der Waals surface area contributed by atoms with Gasteiger partial charge < -0.3 is 30.2 Å². The van der Waals surface area contributed by atoms with Gasteiger partial charge in [-0.1, -0.05) is 97.6 Å². The van der Waals surface area contributed by atoms with Gasteiger partial charge in [-0.2, -0.15) is 0 Å². The van der Waals surface area contributed by atoms with Crippen LogP contribution in [0.2, 0.25) is 0 Å². The molecule has 14 heteroatoms. The third kappa shape index (κ3) is 10.1. The molecule has 12 nitrogen and oxygen atoms in total. The van der Waals surface area contributed by atoms with E-state index in [1.54, 1.807) is 146 Å². The van der Waals surface area contributed by atoms with Crippen molar-refractivity contribution in [2.45, 2.75) is 0 Å². The maximum absolute atomic E-state index is 14.3. The standard InChI is InChI=1S/C32H30N2O10P2/c33-27-14-13-15-28(24-27)34(25-45(35,41-37-29-16-5-1-6-17-29)42-38-30-18-7-2-8-19-30)26-46(36,43-39-31-20-9-3-10-21-31)44-40-32-22-11-4-12-23-32/h1-24H,25-26,33H2. The molecule has 0 aliphatic rings. The highest BCUT2D eigenvalue weighted by Gasteiger charge is 2.40. The zero-order valence-corrected chi connectivity index (χ0v) is 26.1. The van der Waals surface area contributed by atoms with E-state index in [1.165, 1.54) is 4.90 Å². The molecule has 5 rings (SSSR count). The molecule has 0 fully saturated rings. The summed E-state index contributed by atoms with van der Waals surface area (Å²) in [5.41, 5.74) is 6.78. The molecule has 0 unspecified atom stereocenters. The fourth-order valence-electron chi connectivity index (χ4n) is 3.77. The lowest BCUT2D eigenvalue weighted by Crippen LogP contribution is -2.29. The maximum atomic E-state index is 14.3. The van der Waals surface area contributed by atoms with Crippen LogP contribution in [0.15, 0.2) is 146 Å². The van der Waals surface area contributed by atoms with Gasteiger partial charge in [0.05, 0.1) is 0 Å². The quantitative estimate of drug-likeness (QED) is 0.0442. The summed E-state index contributed by atoms with van der Waals surface area (Å²) in [5, 5.41) is 0. The molecule has 238 valence electrons.